The topological polar surface area (TPSA) is 52.0 Å². The summed E-state index contributed by atoms with van der Waals surface area (Å²) < 4.78 is 26.0. The van der Waals surface area contributed by atoms with E-state index in [9.17, 15) is 8.42 Å². The van der Waals surface area contributed by atoms with Crippen molar-refractivity contribution in [2.75, 3.05) is 6.26 Å². The highest BCUT2D eigenvalue weighted by atomic mass is 79.9. The predicted molar refractivity (Wildman–Crippen MR) is 99.6 cm³/mol. The van der Waals surface area contributed by atoms with Gasteiger partial charge in [0.15, 0.2) is 15.0 Å². The monoisotopic (exact) mass is 424 g/mol. The molecule has 2 aromatic carbocycles. The van der Waals surface area contributed by atoms with Gasteiger partial charge in [0, 0.05) is 22.4 Å². The minimum absolute atomic E-state index is 0.280. The Hall–Kier alpha value is -1.63. The maximum absolute atomic E-state index is 11.6. The zero-order valence-corrected chi connectivity index (χ0v) is 16.2. The number of aromatic nitrogens is 2. The van der Waals surface area contributed by atoms with Crippen LogP contribution in [0.15, 0.2) is 57.9 Å². The molecule has 0 fully saturated rings. The number of rotatable bonds is 3. The van der Waals surface area contributed by atoms with E-state index in [0.29, 0.717) is 5.15 Å². The van der Waals surface area contributed by atoms with Gasteiger partial charge in [0.05, 0.1) is 16.3 Å². The SMILES string of the molecule is Cc1cc(-n2nc(Cl)cc2-c2ccc(S(C)(=O)=O)cc2)ccc1Br. The second-order valence-electron chi connectivity index (χ2n) is 5.49. The molecule has 3 rings (SSSR count). The van der Waals surface area contributed by atoms with E-state index in [-0.39, 0.29) is 4.90 Å². The van der Waals surface area contributed by atoms with E-state index in [2.05, 4.69) is 21.0 Å². The van der Waals surface area contributed by atoms with Gasteiger partial charge in [-0.15, -0.1) is 0 Å². The molecule has 24 heavy (non-hydrogen) atoms. The summed E-state index contributed by atoms with van der Waals surface area (Å²) in [6.07, 6.45) is 1.19. The summed E-state index contributed by atoms with van der Waals surface area (Å²) in [7, 11) is -3.22. The normalized spacial score (nSPS) is 11.7. The third-order valence-corrected chi connectivity index (χ3v) is 5.85. The number of nitrogens with zero attached hydrogens (tertiary/aromatic N) is 2. The second-order valence-corrected chi connectivity index (χ2v) is 8.75. The van der Waals surface area contributed by atoms with Crippen LogP contribution in [-0.4, -0.2) is 24.5 Å². The van der Waals surface area contributed by atoms with Crippen molar-refractivity contribution in [3.63, 3.8) is 0 Å². The van der Waals surface area contributed by atoms with Crippen LogP contribution in [0.1, 0.15) is 5.56 Å². The van der Waals surface area contributed by atoms with Crippen LogP contribution >= 0.6 is 27.5 Å². The van der Waals surface area contributed by atoms with Crippen molar-refractivity contribution in [2.45, 2.75) is 11.8 Å². The molecule has 0 bridgehead atoms. The van der Waals surface area contributed by atoms with E-state index < -0.39 is 9.84 Å². The van der Waals surface area contributed by atoms with Crippen LogP contribution in [0.5, 0.6) is 0 Å². The summed E-state index contributed by atoms with van der Waals surface area (Å²) in [6.45, 7) is 2.00. The minimum atomic E-state index is -3.22. The Kier molecular flexibility index (Phi) is 4.55. The molecular formula is C17H14BrClN2O2S. The molecule has 1 aromatic heterocycles. The van der Waals surface area contributed by atoms with Crippen molar-refractivity contribution < 1.29 is 8.42 Å². The average Bonchev–Trinajstić information content (AvgIpc) is 2.91. The third kappa shape index (κ3) is 3.41. The number of aryl methyl sites for hydroxylation is 1. The van der Waals surface area contributed by atoms with E-state index in [1.54, 1.807) is 35.0 Å². The molecular weight excluding hydrogens is 412 g/mol. The lowest BCUT2D eigenvalue weighted by Crippen LogP contribution is -2.00. The summed E-state index contributed by atoms with van der Waals surface area (Å²) >= 11 is 9.59. The highest BCUT2D eigenvalue weighted by molar-refractivity contribution is 9.10. The molecule has 1 heterocycles. The zero-order valence-electron chi connectivity index (χ0n) is 13.0. The minimum Gasteiger partial charge on any atom is -0.232 e. The lowest BCUT2D eigenvalue weighted by molar-refractivity contribution is 0.602. The van der Waals surface area contributed by atoms with Gasteiger partial charge in [-0.1, -0.05) is 39.7 Å². The van der Waals surface area contributed by atoms with Gasteiger partial charge in [0.1, 0.15) is 0 Å². The van der Waals surface area contributed by atoms with Crippen LogP contribution in [0.25, 0.3) is 16.9 Å². The van der Waals surface area contributed by atoms with E-state index in [4.69, 9.17) is 11.6 Å². The van der Waals surface area contributed by atoms with Crippen molar-refractivity contribution in [1.29, 1.82) is 0 Å². The highest BCUT2D eigenvalue weighted by Gasteiger charge is 2.13. The first-order chi connectivity index (χ1) is 11.3. The fourth-order valence-corrected chi connectivity index (χ4v) is 3.44. The predicted octanol–water partition coefficient (Wildman–Crippen LogP) is 4.67. The van der Waals surface area contributed by atoms with Gasteiger partial charge in [-0.25, -0.2) is 13.1 Å². The molecule has 0 unspecified atom stereocenters. The van der Waals surface area contributed by atoms with Gasteiger partial charge in [0.25, 0.3) is 0 Å². The molecule has 0 atom stereocenters. The Morgan fingerprint density at radius 1 is 1.08 bits per heavy atom. The Bertz CT molecular complexity index is 1010. The molecule has 0 radical (unpaired) electrons. The van der Waals surface area contributed by atoms with Crippen LogP contribution in [0, 0.1) is 6.92 Å². The van der Waals surface area contributed by atoms with Crippen LogP contribution < -0.4 is 0 Å². The van der Waals surface area contributed by atoms with Gasteiger partial charge in [-0.3, -0.25) is 0 Å². The zero-order chi connectivity index (χ0) is 17.5. The van der Waals surface area contributed by atoms with Crippen molar-refractivity contribution >= 4 is 37.4 Å². The van der Waals surface area contributed by atoms with Gasteiger partial charge in [0.2, 0.25) is 0 Å². The van der Waals surface area contributed by atoms with Crippen molar-refractivity contribution in [2.24, 2.45) is 0 Å². The molecule has 0 spiro atoms. The smallest absolute Gasteiger partial charge is 0.175 e. The van der Waals surface area contributed by atoms with Crippen molar-refractivity contribution in [3.05, 3.63) is 63.7 Å². The number of hydrogen-bond acceptors (Lipinski definition) is 3. The first kappa shape index (κ1) is 17.2. The number of halogens is 2. The molecule has 0 aliphatic carbocycles. The lowest BCUT2D eigenvalue weighted by atomic mass is 10.1. The second kappa shape index (κ2) is 6.35. The summed E-state index contributed by atoms with van der Waals surface area (Å²) in [5.41, 5.74) is 3.59. The van der Waals surface area contributed by atoms with Gasteiger partial charge in [-0.05, 0) is 42.8 Å². The number of sulfone groups is 1. The van der Waals surface area contributed by atoms with Gasteiger partial charge >= 0.3 is 0 Å². The number of benzene rings is 2. The van der Waals surface area contributed by atoms with E-state index >= 15 is 0 Å². The van der Waals surface area contributed by atoms with E-state index in [1.165, 1.54) is 6.26 Å². The quantitative estimate of drug-likeness (QED) is 0.613. The summed E-state index contributed by atoms with van der Waals surface area (Å²) in [5.74, 6) is 0. The Morgan fingerprint density at radius 2 is 1.75 bits per heavy atom. The standard InChI is InChI=1S/C17H14BrClN2O2S/c1-11-9-13(5-8-15(11)18)21-16(10-17(19)20-21)12-3-6-14(7-4-12)24(2,22)23/h3-10H,1-2H3. The maximum Gasteiger partial charge on any atom is 0.175 e. The van der Waals surface area contributed by atoms with Gasteiger partial charge in [-0.2, -0.15) is 5.10 Å². The third-order valence-electron chi connectivity index (χ3n) is 3.64. The molecule has 0 amide bonds. The molecule has 3 aromatic rings. The molecule has 0 saturated carbocycles. The number of hydrogen-bond donors (Lipinski definition) is 0. The molecule has 0 saturated heterocycles. The fraction of sp³-hybridized carbons (Fsp3) is 0.118. The summed E-state index contributed by atoms with van der Waals surface area (Å²) in [5, 5.41) is 4.72. The average molecular weight is 426 g/mol. The highest BCUT2D eigenvalue weighted by Crippen LogP contribution is 2.28. The van der Waals surface area contributed by atoms with Crippen LogP contribution in [0.2, 0.25) is 5.15 Å². The first-order valence-corrected chi connectivity index (χ1v) is 10.1. The fourth-order valence-electron chi connectivity index (χ4n) is 2.39. The molecule has 7 heteroatoms. The Labute approximate surface area is 154 Å². The van der Waals surface area contributed by atoms with E-state index in [1.807, 2.05) is 25.1 Å². The molecule has 0 N–H and O–H groups in total. The lowest BCUT2D eigenvalue weighted by Gasteiger charge is -2.09. The summed E-state index contributed by atoms with van der Waals surface area (Å²) in [6, 6.07) is 14.3. The van der Waals surface area contributed by atoms with Gasteiger partial charge < -0.3 is 0 Å². The van der Waals surface area contributed by atoms with Crippen molar-refractivity contribution in [3.8, 4) is 16.9 Å². The van der Waals surface area contributed by atoms with Crippen molar-refractivity contribution in [1.82, 2.24) is 9.78 Å². The Morgan fingerprint density at radius 3 is 2.33 bits per heavy atom. The summed E-state index contributed by atoms with van der Waals surface area (Å²) in [4.78, 5) is 0.280. The molecule has 0 aliphatic rings. The first-order valence-electron chi connectivity index (χ1n) is 7.08. The Balaban J connectivity index is 2.11. The van der Waals surface area contributed by atoms with Crippen LogP contribution in [0.4, 0.5) is 0 Å². The van der Waals surface area contributed by atoms with Crippen LogP contribution in [-0.2, 0) is 9.84 Å². The van der Waals surface area contributed by atoms with E-state index in [0.717, 1.165) is 27.0 Å². The van der Waals surface area contributed by atoms with Crippen LogP contribution in [0.3, 0.4) is 0 Å². The largest absolute Gasteiger partial charge is 0.232 e. The molecule has 124 valence electrons. The molecule has 0 aliphatic heterocycles. The maximum atomic E-state index is 11.6. The molecule has 4 nitrogen and oxygen atoms in total.